The predicted molar refractivity (Wildman–Crippen MR) is 147 cm³/mol. The highest BCUT2D eigenvalue weighted by atomic mass is 32.2. The molecule has 0 aliphatic carbocycles. The minimum atomic E-state index is -3.62. The molecule has 10 heteroatoms. The van der Waals surface area contributed by atoms with Crippen molar-refractivity contribution in [3.05, 3.63) is 76.0 Å². The molecule has 0 spiro atoms. The summed E-state index contributed by atoms with van der Waals surface area (Å²) in [6.45, 7) is 4.47. The Bertz CT molecular complexity index is 1510. The van der Waals surface area contributed by atoms with E-state index in [2.05, 4.69) is 10.1 Å². The van der Waals surface area contributed by atoms with Gasteiger partial charge in [0, 0.05) is 23.0 Å². The van der Waals surface area contributed by atoms with Crippen LogP contribution in [-0.2, 0) is 10.0 Å². The van der Waals surface area contributed by atoms with Crippen LogP contribution in [-0.4, -0.2) is 42.4 Å². The Hall–Kier alpha value is -2.92. The lowest BCUT2D eigenvalue weighted by molar-refractivity contribution is 0.0987. The van der Waals surface area contributed by atoms with E-state index in [0.29, 0.717) is 17.2 Å². The molecule has 1 unspecified atom stereocenters. The Balaban J connectivity index is 1.47. The topological polar surface area (TPSA) is 82.9 Å². The molecule has 36 heavy (non-hydrogen) atoms. The van der Waals surface area contributed by atoms with Crippen LogP contribution in [0.5, 0.6) is 0 Å². The zero-order chi connectivity index (χ0) is 25.3. The number of thiophene rings is 1. The second-order valence-corrected chi connectivity index (χ2v) is 12.7. The number of hydrazone groups is 1. The molecule has 1 amide bonds. The molecule has 0 N–H and O–H groups in total. The number of anilines is 1. The SMILES string of the molecule is Cc1ccc2nc(N(/N=C/c3cccs3)C(=O)c3ccc(S(=O)(=O)N4CCCCC4C)cc3)sc2c1. The van der Waals surface area contributed by atoms with Crippen molar-refractivity contribution in [3.8, 4) is 0 Å². The number of aryl methyl sites for hydroxylation is 1. The second kappa shape index (κ2) is 10.2. The monoisotopic (exact) mass is 538 g/mol. The van der Waals surface area contributed by atoms with E-state index in [1.807, 2.05) is 49.6 Å². The Morgan fingerprint density at radius 2 is 1.97 bits per heavy atom. The maximum Gasteiger partial charge on any atom is 0.280 e. The van der Waals surface area contributed by atoms with Crippen LogP contribution in [0.2, 0.25) is 0 Å². The average Bonchev–Trinajstić information content (AvgIpc) is 3.54. The third-order valence-electron chi connectivity index (χ3n) is 6.20. The van der Waals surface area contributed by atoms with Crippen molar-refractivity contribution in [1.29, 1.82) is 0 Å². The molecule has 5 rings (SSSR count). The molecule has 1 aliphatic rings. The highest BCUT2D eigenvalue weighted by Gasteiger charge is 2.31. The maximum atomic E-state index is 13.6. The number of hydrogen-bond donors (Lipinski definition) is 0. The van der Waals surface area contributed by atoms with Crippen molar-refractivity contribution in [1.82, 2.24) is 9.29 Å². The van der Waals surface area contributed by atoms with Crippen LogP contribution in [0.4, 0.5) is 5.13 Å². The fraction of sp³-hybridized carbons (Fsp3) is 0.269. The minimum absolute atomic E-state index is 0.0326. The van der Waals surface area contributed by atoms with Crippen LogP contribution in [0.25, 0.3) is 10.2 Å². The van der Waals surface area contributed by atoms with Gasteiger partial charge in [-0.2, -0.15) is 14.4 Å². The Morgan fingerprint density at radius 3 is 2.69 bits per heavy atom. The average molecular weight is 539 g/mol. The highest BCUT2D eigenvalue weighted by molar-refractivity contribution is 7.89. The molecule has 0 saturated carbocycles. The first kappa shape index (κ1) is 24.8. The summed E-state index contributed by atoms with van der Waals surface area (Å²) in [4.78, 5) is 19.3. The van der Waals surface area contributed by atoms with Gasteiger partial charge in [-0.25, -0.2) is 13.4 Å². The van der Waals surface area contributed by atoms with Gasteiger partial charge in [-0.1, -0.05) is 29.9 Å². The third kappa shape index (κ3) is 4.99. The van der Waals surface area contributed by atoms with Gasteiger partial charge in [0.05, 0.1) is 21.3 Å². The number of rotatable bonds is 6. The summed E-state index contributed by atoms with van der Waals surface area (Å²) in [5.41, 5.74) is 2.23. The van der Waals surface area contributed by atoms with Crippen molar-refractivity contribution >= 4 is 60.2 Å². The smallest absolute Gasteiger partial charge is 0.267 e. The summed E-state index contributed by atoms with van der Waals surface area (Å²) in [5.74, 6) is -0.381. The lowest BCUT2D eigenvalue weighted by Crippen LogP contribution is -2.41. The largest absolute Gasteiger partial charge is 0.280 e. The Kier molecular flexibility index (Phi) is 7.03. The van der Waals surface area contributed by atoms with Gasteiger partial charge in [-0.3, -0.25) is 4.79 Å². The van der Waals surface area contributed by atoms with E-state index in [-0.39, 0.29) is 16.8 Å². The number of hydrogen-bond acceptors (Lipinski definition) is 7. The van der Waals surface area contributed by atoms with E-state index in [1.54, 1.807) is 22.7 Å². The Labute approximate surface area is 218 Å². The number of thiazole rings is 1. The summed E-state index contributed by atoms with van der Waals surface area (Å²) in [6.07, 6.45) is 4.39. The summed E-state index contributed by atoms with van der Waals surface area (Å²) >= 11 is 2.90. The zero-order valence-corrected chi connectivity index (χ0v) is 22.4. The van der Waals surface area contributed by atoms with E-state index < -0.39 is 10.0 Å². The molecule has 1 atom stereocenters. The fourth-order valence-electron chi connectivity index (χ4n) is 4.23. The minimum Gasteiger partial charge on any atom is -0.267 e. The third-order valence-corrected chi connectivity index (χ3v) is 10.0. The van der Waals surface area contributed by atoms with E-state index in [1.165, 1.54) is 39.8 Å². The van der Waals surface area contributed by atoms with Gasteiger partial charge in [0.1, 0.15) is 0 Å². The molecule has 1 aliphatic heterocycles. The van der Waals surface area contributed by atoms with Gasteiger partial charge in [-0.05, 0) is 80.1 Å². The van der Waals surface area contributed by atoms with Crippen LogP contribution in [0, 0.1) is 6.92 Å². The molecular weight excluding hydrogens is 513 g/mol. The maximum absolute atomic E-state index is 13.6. The molecule has 0 bridgehead atoms. The van der Waals surface area contributed by atoms with Crippen molar-refractivity contribution < 1.29 is 13.2 Å². The molecule has 1 saturated heterocycles. The van der Waals surface area contributed by atoms with Crippen LogP contribution in [0.1, 0.15) is 47.0 Å². The second-order valence-electron chi connectivity index (χ2n) is 8.83. The standard InChI is InChI=1S/C26H26N4O3S3/c1-18-8-13-23-24(16-18)35-26(28-23)30(27-17-21-7-5-15-34-21)25(31)20-9-11-22(12-10-20)36(32,33)29-14-4-3-6-19(29)2/h5,7-13,15-17,19H,3-4,6,14H2,1-2H3/b27-17+. The number of aromatic nitrogens is 1. The van der Waals surface area contributed by atoms with Crippen molar-refractivity contribution in [2.45, 2.75) is 44.0 Å². The van der Waals surface area contributed by atoms with Gasteiger partial charge < -0.3 is 0 Å². The first-order valence-electron chi connectivity index (χ1n) is 11.7. The van der Waals surface area contributed by atoms with Gasteiger partial charge in [-0.15, -0.1) is 11.3 Å². The van der Waals surface area contributed by atoms with Gasteiger partial charge in [0.2, 0.25) is 15.2 Å². The molecule has 2 aromatic heterocycles. The highest BCUT2D eigenvalue weighted by Crippen LogP contribution is 2.31. The number of fused-ring (bicyclic) bond motifs is 1. The van der Waals surface area contributed by atoms with Gasteiger partial charge in [0.15, 0.2) is 0 Å². The van der Waals surface area contributed by atoms with E-state index >= 15 is 0 Å². The summed E-state index contributed by atoms with van der Waals surface area (Å²) in [7, 11) is -3.62. The normalized spacial score (nSPS) is 17.1. The number of carbonyl (C=O) groups is 1. The van der Waals surface area contributed by atoms with Gasteiger partial charge >= 0.3 is 0 Å². The lowest BCUT2D eigenvalue weighted by Gasteiger charge is -2.32. The van der Waals surface area contributed by atoms with Crippen molar-refractivity contribution in [3.63, 3.8) is 0 Å². The van der Waals surface area contributed by atoms with Gasteiger partial charge in [0.25, 0.3) is 5.91 Å². The molecular formula is C26H26N4O3S3. The zero-order valence-electron chi connectivity index (χ0n) is 20.0. The molecule has 186 valence electrons. The van der Waals surface area contributed by atoms with Crippen LogP contribution in [0.15, 0.2) is 70.0 Å². The summed E-state index contributed by atoms with van der Waals surface area (Å²) < 4.78 is 28.9. The van der Waals surface area contributed by atoms with E-state index in [4.69, 9.17) is 0 Å². The number of sulfonamides is 1. The van der Waals surface area contributed by atoms with Crippen molar-refractivity contribution in [2.24, 2.45) is 5.10 Å². The molecule has 1 fully saturated rings. The molecule has 2 aromatic carbocycles. The number of amides is 1. The molecule has 7 nitrogen and oxygen atoms in total. The van der Waals surface area contributed by atoms with Crippen LogP contribution >= 0.6 is 22.7 Å². The number of benzene rings is 2. The molecule has 4 aromatic rings. The van der Waals surface area contributed by atoms with E-state index in [0.717, 1.165) is 39.9 Å². The molecule has 0 radical (unpaired) electrons. The predicted octanol–water partition coefficient (Wildman–Crippen LogP) is 5.91. The summed E-state index contributed by atoms with van der Waals surface area (Å²) in [6, 6.07) is 15.9. The number of carbonyl (C=O) groups excluding carboxylic acids is 1. The number of nitrogens with zero attached hydrogens (tertiary/aromatic N) is 4. The quantitative estimate of drug-likeness (QED) is 0.226. The first-order valence-corrected chi connectivity index (χ1v) is 14.9. The van der Waals surface area contributed by atoms with E-state index in [9.17, 15) is 13.2 Å². The fourth-order valence-corrected chi connectivity index (χ4v) is 7.53. The Morgan fingerprint density at radius 1 is 1.17 bits per heavy atom. The van der Waals surface area contributed by atoms with Crippen molar-refractivity contribution in [2.75, 3.05) is 11.6 Å². The van der Waals surface area contributed by atoms with Crippen LogP contribution < -0.4 is 5.01 Å². The summed E-state index contributed by atoms with van der Waals surface area (Å²) in [5, 5.41) is 8.16. The lowest BCUT2D eigenvalue weighted by atomic mass is 10.1. The first-order chi connectivity index (χ1) is 17.3. The van der Waals surface area contributed by atoms with Crippen LogP contribution in [0.3, 0.4) is 0 Å². The molecule has 3 heterocycles. The number of piperidine rings is 1.